The van der Waals surface area contributed by atoms with Gasteiger partial charge in [-0.25, -0.2) is 4.79 Å². The normalized spacial score (nSPS) is 11.0. The summed E-state index contributed by atoms with van der Waals surface area (Å²) in [5.74, 6) is -0.810. The Bertz CT molecular complexity index is 935. The summed E-state index contributed by atoms with van der Waals surface area (Å²) in [6.45, 7) is 3.71. The summed E-state index contributed by atoms with van der Waals surface area (Å²) < 4.78 is 16.0. The number of esters is 1. The molecule has 0 amide bonds. The Morgan fingerprint density at radius 3 is 2.64 bits per heavy atom. The quantitative estimate of drug-likeness (QED) is 0.485. The van der Waals surface area contributed by atoms with Crippen LogP contribution in [-0.2, 0) is 16.1 Å². The molecule has 25 heavy (non-hydrogen) atoms. The van der Waals surface area contributed by atoms with Gasteiger partial charge in [0.15, 0.2) is 6.61 Å². The van der Waals surface area contributed by atoms with E-state index in [-0.39, 0.29) is 24.8 Å². The summed E-state index contributed by atoms with van der Waals surface area (Å²) in [5, 5.41) is 0.798. The van der Waals surface area contributed by atoms with Crippen LogP contribution in [0.2, 0.25) is 0 Å². The number of furan rings is 1. The molecule has 0 saturated carbocycles. The smallest absolute Gasteiger partial charge is 0.375 e. The van der Waals surface area contributed by atoms with Crippen molar-refractivity contribution in [2.24, 2.45) is 0 Å². The SMILES string of the molecule is COCc1c(C(=O)OCC(=O)c2cc(C)sc2C)oc2ccccc12. The Labute approximate surface area is 149 Å². The lowest BCUT2D eigenvalue weighted by atomic mass is 10.1. The first-order valence-corrected chi connectivity index (χ1v) is 8.59. The third-order valence-electron chi connectivity index (χ3n) is 3.85. The third kappa shape index (κ3) is 3.50. The van der Waals surface area contributed by atoms with Gasteiger partial charge < -0.3 is 13.9 Å². The van der Waals surface area contributed by atoms with E-state index in [0.717, 1.165) is 15.1 Å². The van der Waals surface area contributed by atoms with Gasteiger partial charge in [0.05, 0.1) is 6.61 Å². The van der Waals surface area contributed by atoms with Crippen LogP contribution in [0.25, 0.3) is 11.0 Å². The molecule has 0 radical (unpaired) electrons. The van der Waals surface area contributed by atoms with Crippen LogP contribution in [0.3, 0.4) is 0 Å². The topological polar surface area (TPSA) is 65.7 Å². The van der Waals surface area contributed by atoms with E-state index in [1.165, 1.54) is 0 Å². The molecule has 6 heteroatoms. The Hall–Kier alpha value is -2.44. The van der Waals surface area contributed by atoms with Gasteiger partial charge >= 0.3 is 5.97 Å². The molecule has 0 unspecified atom stereocenters. The van der Waals surface area contributed by atoms with Crippen LogP contribution in [0.4, 0.5) is 0 Å². The Morgan fingerprint density at radius 2 is 1.96 bits per heavy atom. The van der Waals surface area contributed by atoms with E-state index in [4.69, 9.17) is 13.9 Å². The molecule has 0 bridgehead atoms. The first-order valence-electron chi connectivity index (χ1n) is 7.78. The van der Waals surface area contributed by atoms with Gasteiger partial charge in [0, 0.05) is 33.4 Å². The lowest BCUT2D eigenvalue weighted by molar-refractivity contribution is 0.0441. The van der Waals surface area contributed by atoms with Crippen molar-refractivity contribution < 1.29 is 23.5 Å². The maximum absolute atomic E-state index is 12.4. The molecule has 0 spiro atoms. The van der Waals surface area contributed by atoms with Gasteiger partial charge in [0.2, 0.25) is 11.5 Å². The van der Waals surface area contributed by atoms with Crippen molar-refractivity contribution in [1.29, 1.82) is 0 Å². The van der Waals surface area contributed by atoms with Gasteiger partial charge in [-0.2, -0.15) is 0 Å². The number of thiophene rings is 1. The van der Waals surface area contributed by atoms with Crippen molar-refractivity contribution in [2.45, 2.75) is 20.5 Å². The van der Waals surface area contributed by atoms with Crippen LogP contribution < -0.4 is 0 Å². The fourth-order valence-electron chi connectivity index (χ4n) is 2.73. The number of ether oxygens (including phenoxy) is 2. The second-order valence-electron chi connectivity index (χ2n) is 5.67. The lowest BCUT2D eigenvalue weighted by Gasteiger charge is -2.04. The van der Waals surface area contributed by atoms with E-state index in [0.29, 0.717) is 16.7 Å². The van der Waals surface area contributed by atoms with Crippen molar-refractivity contribution in [3.05, 3.63) is 57.0 Å². The van der Waals surface area contributed by atoms with E-state index in [9.17, 15) is 9.59 Å². The first kappa shape index (κ1) is 17.4. The number of rotatable bonds is 6. The summed E-state index contributed by atoms with van der Waals surface area (Å²) in [6.07, 6.45) is 0. The summed E-state index contributed by atoms with van der Waals surface area (Å²) in [7, 11) is 1.54. The minimum absolute atomic E-state index is 0.0778. The monoisotopic (exact) mass is 358 g/mol. The number of carbonyl (C=O) groups is 2. The fourth-order valence-corrected chi connectivity index (χ4v) is 3.68. The Balaban J connectivity index is 1.79. The molecule has 3 rings (SSSR count). The zero-order valence-corrected chi connectivity index (χ0v) is 15.1. The maximum Gasteiger partial charge on any atom is 0.375 e. The van der Waals surface area contributed by atoms with E-state index in [2.05, 4.69) is 0 Å². The van der Waals surface area contributed by atoms with Gasteiger partial charge in [0.1, 0.15) is 5.58 Å². The highest BCUT2D eigenvalue weighted by Crippen LogP contribution is 2.27. The summed E-state index contributed by atoms with van der Waals surface area (Å²) in [5.41, 5.74) is 1.80. The minimum atomic E-state index is -0.666. The van der Waals surface area contributed by atoms with Crippen LogP contribution in [0.15, 0.2) is 34.7 Å². The van der Waals surface area contributed by atoms with E-state index in [1.54, 1.807) is 24.5 Å². The van der Waals surface area contributed by atoms with Crippen LogP contribution in [0.5, 0.6) is 0 Å². The van der Waals surface area contributed by atoms with Crippen LogP contribution >= 0.6 is 11.3 Å². The molecule has 0 aliphatic heterocycles. The van der Waals surface area contributed by atoms with Crippen molar-refractivity contribution in [3.8, 4) is 0 Å². The van der Waals surface area contributed by atoms with Crippen LogP contribution in [0.1, 0.15) is 36.2 Å². The highest BCUT2D eigenvalue weighted by atomic mass is 32.1. The highest BCUT2D eigenvalue weighted by Gasteiger charge is 2.23. The van der Waals surface area contributed by atoms with Crippen molar-refractivity contribution in [2.75, 3.05) is 13.7 Å². The number of Topliss-reactive ketones (excluding diaryl/α,β-unsaturated/α-hetero) is 1. The largest absolute Gasteiger partial charge is 0.451 e. The van der Waals surface area contributed by atoms with Gasteiger partial charge in [-0.1, -0.05) is 18.2 Å². The number of ketones is 1. The molecule has 5 nitrogen and oxygen atoms in total. The number of hydrogen-bond donors (Lipinski definition) is 0. The second kappa shape index (κ2) is 7.21. The van der Waals surface area contributed by atoms with Crippen molar-refractivity contribution in [1.82, 2.24) is 0 Å². The Kier molecular flexibility index (Phi) is 5.01. The number of carbonyl (C=O) groups excluding carboxylic acids is 2. The lowest BCUT2D eigenvalue weighted by Crippen LogP contribution is -2.15. The van der Waals surface area contributed by atoms with E-state index < -0.39 is 5.97 Å². The predicted molar refractivity (Wildman–Crippen MR) is 95.3 cm³/mol. The molecule has 0 aliphatic rings. The fraction of sp³-hybridized carbons (Fsp3) is 0.263. The summed E-state index contributed by atoms with van der Waals surface area (Å²) >= 11 is 1.54. The first-order chi connectivity index (χ1) is 12.0. The maximum atomic E-state index is 12.4. The minimum Gasteiger partial charge on any atom is -0.451 e. The standard InChI is InChI=1S/C19H18O5S/c1-11-8-14(12(2)25-11)16(20)10-23-19(21)18-15(9-22-3)13-6-4-5-7-17(13)24-18/h4-8H,9-10H2,1-3H3. The van der Waals surface area contributed by atoms with E-state index >= 15 is 0 Å². The molecule has 2 aromatic heterocycles. The summed E-state index contributed by atoms with van der Waals surface area (Å²) in [6, 6.07) is 9.12. The number of hydrogen-bond acceptors (Lipinski definition) is 6. The molecule has 1 aromatic carbocycles. The van der Waals surface area contributed by atoms with Gasteiger partial charge in [-0.15, -0.1) is 11.3 Å². The average Bonchev–Trinajstić information content (AvgIpc) is 3.13. The number of aryl methyl sites for hydroxylation is 2. The van der Waals surface area contributed by atoms with Crippen molar-refractivity contribution in [3.63, 3.8) is 0 Å². The van der Waals surface area contributed by atoms with Crippen LogP contribution in [0, 0.1) is 13.8 Å². The number of fused-ring (bicyclic) bond motifs is 1. The summed E-state index contributed by atoms with van der Waals surface area (Å²) in [4.78, 5) is 26.7. The van der Waals surface area contributed by atoms with Crippen LogP contribution in [-0.4, -0.2) is 25.5 Å². The molecule has 0 fully saturated rings. The molecule has 0 saturated heterocycles. The molecular formula is C19H18O5S. The molecule has 0 atom stereocenters. The average molecular weight is 358 g/mol. The highest BCUT2D eigenvalue weighted by molar-refractivity contribution is 7.12. The van der Waals surface area contributed by atoms with Gasteiger partial charge in [-0.05, 0) is 26.0 Å². The zero-order valence-electron chi connectivity index (χ0n) is 14.3. The molecule has 3 aromatic rings. The third-order valence-corrected chi connectivity index (χ3v) is 4.81. The number of para-hydroxylation sites is 1. The molecule has 130 valence electrons. The Morgan fingerprint density at radius 1 is 1.20 bits per heavy atom. The predicted octanol–water partition coefficient (Wildman–Crippen LogP) is 4.30. The van der Waals surface area contributed by atoms with E-state index in [1.807, 2.05) is 38.1 Å². The van der Waals surface area contributed by atoms with Crippen molar-refractivity contribution >= 4 is 34.1 Å². The molecule has 0 aliphatic carbocycles. The van der Waals surface area contributed by atoms with Gasteiger partial charge in [-0.3, -0.25) is 4.79 Å². The van der Waals surface area contributed by atoms with Gasteiger partial charge in [0.25, 0.3) is 0 Å². The second-order valence-corrected chi connectivity index (χ2v) is 7.13. The molecule has 0 N–H and O–H groups in total. The number of benzene rings is 1. The molecular weight excluding hydrogens is 340 g/mol. The number of methoxy groups -OCH3 is 1. The zero-order chi connectivity index (χ0) is 18.0. The molecule has 2 heterocycles.